The summed E-state index contributed by atoms with van der Waals surface area (Å²) in [5.74, 6) is 0.740. The maximum Gasteiger partial charge on any atom is 0.411 e. The molecule has 0 saturated heterocycles. The smallest absolute Gasteiger partial charge is 0.411 e. The number of aryl methyl sites for hydroxylation is 1. The lowest BCUT2D eigenvalue weighted by Gasteiger charge is -2.08. The summed E-state index contributed by atoms with van der Waals surface area (Å²) in [4.78, 5) is 11.1. The lowest BCUT2D eigenvalue weighted by Crippen LogP contribution is -2.13. The highest BCUT2D eigenvalue weighted by Gasteiger charge is 2.04. The molecule has 0 bridgehead atoms. The minimum absolute atomic E-state index is 0.356. The second-order valence-corrected chi connectivity index (χ2v) is 3.03. The minimum atomic E-state index is -0.455. The molecule has 1 amide bonds. The molecule has 1 rings (SSSR count). The van der Waals surface area contributed by atoms with E-state index < -0.39 is 6.09 Å². The highest BCUT2D eigenvalue weighted by molar-refractivity contribution is 5.84. The number of benzene rings is 1. The Balaban J connectivity index is 2.74. The predicted molar refractivity (Wildman–Crippen MR) is 58.4 cm³/mol. The third-order valence-electron chi connectivity index (χ3n) is 1.93. The van der Waals surface area contributed by atoms with E-state index >= 15 is 0 Å². The molecule has 1 N–H and O–H groups in total. The molecule has 4 heteroatoms. The van der Waals surface area contributed by atoms with E-state index in [4.69, 9.17) is 9.47 Å². The van der Waals surface area contributed by atoms with Crippen molar-refractivity contribution < 1.29 is 14.3 Å². The molecule has 0 aliphatic heterocycles. The van der Waals surface area contributed by atoms with Crippen LogP contribution in [0.15, 0.2) is 18.2 Å². The number of ether oxygens (including phenoxy) is 2. The summed E-state index contributed by atoms with van der Waals surface area (Å²) in [5.41, 5.74) is 1.68. The van der Waals surface area contributed by atoms with Crippen LogP contribution in [0.4, 0.5) is 10.5 Å². The van der Waals surface area contributed by atoms with Gasteiger partial charge in [-0.05, 0) is 25.5 Å². The molecule has 0 aliphatic carbocycles. The molecule has 1 aromatic carbocycles. The number of hydrogen-bond donors (Lipinski definition) is 1. The van der Waals surface area contributed by atoms with Crippen LogP contribution in [0.1, 0.15) is 12.5 Å². The molecular formula is C11H15NO3. The van der Waals surface area contributed by atoms with E-state index in [9.17, 15) is 4.79 Å². The van der Waals surface area contributed by atoms with Gasteiger partial charge in [-0.25, -0.2) is 4.79 Å². The van der Waals surface area contributed by atoms with Gasteiger partial charge in [-0.3, -0.25) is 5.32 Å². The zero-order chi connectivity index (χ0) is 11.3. The SMILES string of the molecule is CCOC(=O)Nc1ccc(C)c(OC)c1. The molecule has 0 spiro atoms. The monoisotopic (exact) mass is 209 g/mol. The number of hydrogen-bond acceptors (Lipinski definition) is 3. The van der Waals surface area contributed by atoms with Gasteiger partial charge in [0.15, 0.2) is 0 Å². The average molecular weight is 209 g/mol. The van der Waals surface area contributed by atoms with Crippen LogP contribution < -0.4 is 10.1 Å². The molecule has 0 aliphatic rings. The van der Waals surface area contributed by atoms with Gasteiger partial charge in [0.1, 0.15) is 5.75 Å². The highest BCUT2D eigenvalue weighted by atomic mass is 16.5. The van der Waals surface area contributed by atoms with Gasteiger partial charge < -0.3 is 9.47 Å². The van der Waals surface area contributed by atoms with Gasteiger partial charge in [0.25, 0.3) is 0 Å². The van der Waals surface area contributed by atoms with E-state index in [1.165, 1.54) is 0 Å². The number of rotatable bonds is 3. The fraction of sp³-hybridized carbons (Fsp3) is 0.364. The van der Waals surface area contributed by atoms with Crippen molar-refractivity contribution in [2.45, 2.75) is 13.8 Å². The first-order valence-corrected chi connectivity index (χ1v) is 4.75. The Labute approximate surface area is 89.2 Å². The van der Waals surface area contributed by atoms with Gasteiger partial charge in [-0.2, -0.15) is 0 Å². The molecule has 1 aromatic rings. The van der Waals surface area contributed by atoms with Gasteiger partial charge in [-0.1, -0.05) is 6.07 Å². The van der Waals surface area contributed by atoms with Crippen molar-refractivity contribution in [2.75, 3.05) is 19.0 Å². The van der Waals surface area contributed by atoms with Crippen molar-refractivity contribution in [2.24, 2.45) is 0 Å². The van der Waals surface area contributed by atoms with Crippen molar-refractivity contribution in [1.82, 2.24) is 0 Å². The Hall–Kier alpha value is -1.71. The van der Waals surface area contributed by atoms with E-state index in [1.54, 1.807) is 26.2 Å². The summed E-state index contributed by atoms with van der Waals surface area (Å²) in [7, 11) is 1.59. The highest BCUT2D eigenvalue weighted by Crippen LogP contribution is 2.22. The number of carbonyl (C=O) groups is 1. The van der Waals surface area contributed by atoms with E-state index in [2.05, 4.69) is 5.32 Å². The van der Waals surface area contributed by atoms with Crippen LogP contribution in [0.5, 0.6) is 5.75 Å². The van der Waals surface area contributed by atoms with E-state index in [-0.39, 0.29) is 0 Å². The fourth-order valence-electron chi connectivity index (χ4n) is 1.18. The second kappa shape index (κ2) is 5.24. The molecule has 0 atom stereocenters. The molecule has 82 valence electrons. The first kappa shape index (κ1) is 11.4. The Kier molecular flexibility index (Phi) is 3.97. The number of methoxy groups -OCH3 is 1. The summed E-state index contributed by atoms with van der Waals surface area (Å²) in [6.45, 7) is 4.05. The zero-order valence-electron chi connectivity index (χ0n) is 9.16. The lowest BCUT2D eigenvalue weighted by atomic mass is 10.2. The summed E-state index contributed by atoms with van der Waals surface area (Å²) in [6.07, 6.45) is -0.455. The second-order valence-electron chi connectivity index (χ2n) is 3.03. The third-order valence-corrected chi connectivity index (χ3v) is 1.93. The van der Waals surface area contributed by atoms with Crippen LogP contribution in [-0.4, -0.2) is 19.8 Å². The fourth-order valence-corrected chi connectivity index (χ4v) is 1.18. The number of nitrogens with one attached hydrogen (secondary N) is 1. The van der Waals surface area contributed by atoms with Crippen molar-refractivity contribution in [3.63, 3.8) is 0 Å². The number of anilines is 1. The van der Waals surface area contributed by atoms with Crippen molar-refractivity contribution >= 4 is 11.8 Å². The largest absolute Gasteiger partial charge is 0.496 e. The summed E-state index contributed by atoms with van der Waals surface area (Å²) < 4.78 is 9.89. The molecule has 0 unspecified atom stereocenters. The van der Waals surface area contributed by atoms with Gasteiger partial charge in [0.2, 0.25) is 0 Å². The zero-order valence-corrected chi connectivity index (χ0v) is 9.16. The number of carbonyl (C=O) groups excluding carboxylic acids is 1. The van der Waals surface area contributed by atoms with Crippen LogP contribution in [0.2, 0.25) is 0 Å². The van der Waals surface area contributed by atoms with Crippen LogP contribution in [0.3, 0.4) is 0 Å². The topological polar surface area (TPSA) is 47.6 Å². The predicted octanol–water partition coefficient (Wildman–Crippen LogP) is 2.57. The first-order chi connectivity index (χ1) is 7.17. The van der Waals surface area contributed by atoms with Crippen molar-refractivity contribution in [1.29, 1.82) is 0 Å². The van der Waals surface area contributed by atoms with E-state index in [0.29, 0.717) is 12.3 Å². The van der Waals surface area contributed by atoms with Crippen molar-refractivity contribution in [3.05, 3.63) is 23.8 Å². The van der Waals surface area contributed by atoms with Gasteiger partial charge in [-0.15, -0.1) is 0 Å². The van der Waals surface area contributed by atoms with Gasteiger partial charge in [0, 0.05) is 11.8 Å². The maximum absolute atomic E-state index is 11.1. The van der Waals surface area contributed by atoms with Gasteiger partial charge >= 0.3 is 6.09 Å². The van der Waals surface area contributed by atoms with Crippen molar-refractivity contribution in [3.8, 4) is 5.75 Å². The normalized spacial score (nSPS) is 9.53. The molecule has 15 heavy (non-hydrogen) atoms. The Morgan fingerprint density at radius 2 is 2.20 bits per heavy atom. The molecule has 0 aromatic heterocycles. The number of amides is 1. The minimum Gasteiger partial charge on any atom is -0.496 e. The van der Waals surface area contributed by atoms with Crippen LogP contribution >= 0.6 is 0 Å². The summed E-state index contributed by atoms with van der Waals surface area (Å²) in [6, 6.07) is 5.43. The quantitative estimate of drug-likeness (QED) is 0.832. The van der Waals surface area contributed by atoms with E-state index in [0.717, 1.165) is 11.3 Å². The molecular weight excluding hydrogens is 194 g/mol. The summed E-state index contributed by atoms with van der Waals surface area (Å²) >= 11 is 0. The Bertz CT molecular complexity index is 350. The maximum atomic E-state index is 11.1. The Morgan fingerprint density at radius 1 is 1.47 bits per heavy atom. The molecule has 4 nitrogen and oxygen atoms in total. The Morgan fingerprint density at radius 3 is 2.80 bits per heavy atom. The molecule has 0 fully saturated rings. The van der Waals surface area contributed by atoms with Crippen LogP contribution in [0, 0.1) is 6.92 Å². The van der Waals surface area contributed by atoms with Crippen LogP contribution in [0.25, 0.3) is 0 Å². The third kappa shape index (κ3) is 3.16. The standard InChI is InChI=1S/C11H15NO3/c1-4-15-11(13)12-9-6-5-8(2)10(7-9)14-3/h5-7H,4H2,1-3H3,(H,12,13). The molecule has 0 radical (unpaired) electrons. The average Bonchev–Trinajstić information content (AvgIpc) is 2.21. The summed E-state index contributed by atoms with van der Waals surface area (Å²) in [5, 5.41) is 2.60. The first-order valence-electron chi connectivity index (χ1n) is 4.75. The molecule has 0 heterocycles. The lowest BCUT2D eigenvalue weighted by molar-refractivity contribution is 0.168. The van der Waals surface area contributed by atoms with E-state index in [1.807, 2.05) is 13.0 Å². The van der Waals surface area contributed by atoms with Crippen LogP contribution in [-0.2, 0) is 4.74 Å². The molecule has 0 saturated carbocycles. The van der Waals surface area contributed by atoms with Gasteiger partial charge in [0.05, 0.1) is 13.7 Å².